The monoisotopic (exact) mass is 242 g/mol. The van der Waals surface area contributed by atoms with Gasteiger partial charge in [-0.3, -0.25) is 4.79 Å². The SMILES string of the molecule is CCC1(C(=O)N2CCSC(C)C2)CCCN1. The predicted octanol–water partition coefficient (Wildman–Crippen LogP) is 1.48. The lowest BCUT2D eigenvalue weighted by molar-refractivity contribution is -0.137. The molecule has 1 amide bonds. The zero-order chi connectivity index (χ0) is 11.6. The van der Waals surface area contributed by atoms with Gasteiger partial charge in [0.2, 0.25) is 5.91 Å². The summed E-state index contributed by atoms with van der Waals surface area (Å²) in [6, 6.07) is 0. The van der Waals surface area contributed by atoms with E-state index in [-0.39, 0.29) is 5.54 Å². The molecule has 16 heavy (non-hydrogen) atoms. The van der Waals surface area contributed by atoms with E-state index in [2.05, 4.69) is 24.1 Å². The van der Waals surface area contributed by atoms with E-state index in [9.17, 15) is 4.79 Å². The molecular weight excluding hydrogens is 220 g/mol. The Kier molecular flexibility index (Phi) is 3.80. The highest BCUT2D eigenvalue weighted by Crippen LogP contribution is 2.28. The molecule has 92 valence electrons. The van der Waals surface area contributed by atoms with Crippen molar-refractivity contribution in [3.63, 3.8) is 0 Å². The Morgan fingerprint density at radius 1 is 1.62 bits per heavy atom. The fourth-order valence-corrected chi connectivity index (χ4v) is 3.76. The maximum absolute atomic E-state index is 12.6. The van der Waals surface area contributed by atoms with Crippen LogP contribution in [0, 0.1) is 0 Å². The van der Waals surface area contributed by atoms with E-state index >= 15 is 0 Å². The van der Waals surface area contributed by atoms with Crippen molar-refractivity contribution < 1.29 is 4.79 Å². The molecule has 4 heteroatoms. The summed E-state index contributed by atoms with van der Waals surface area (Å²) in [6.07, 6.45) is 3.07. The highest BCUT2D eigenvalue weighted by molar-refractivity contribution is 7.99. The molecule has 2 saturated heterocycles. The molecule has 1 N–H and O–H groups in total. The minimum atomic E-state index is -0.234. The quantitative estimate of drug-likeness (QED) is 0.796. The van der Waals surface area contributed by atoms with Gasteiger partial charge in [-0.25, -0.2) is 0 Å². The van der Waals surface area contributed by atoms with Gasteiger partial charge in [0.05, 0.1) is 5.54 Å². The highest BCUT2D eigenvalue weighted by Gasteiger charge is 2.42. The van der Waals surface area contributed by atoms with Crippen LogP contribution in [-0.4, -0.2) is 47.0 Å². The van der Waals surface area contributed by atoms with E-state index in [1.165, 1.54) is 0 Å². The molecule has 3 nitrogen and oxygen atoms in total. The molecule has 0 saturated carbocycles. The Labute approximate surface area is 102 Å². The van der Waals surface area contributed by atoms with Gasteiger partial charge < -0.3 is 10.2 Å². The van der Waals surface area contributed by atoms with Crippen molar-refractivity contribution in [1.82, 2.24) is 10.2 Å². The summed E-state index contributed by atoms with van der Waals surface area (Å²) in [5.74, 6) is 1.44. The summed E-state index contributed by atoms with van der Waals surface area (Å²) in [6.45, 7) is 7.19. The average Bonchev–Trinajstić information content (AvgIpc) is 2.78. The summed E-state index contributed by atoms with van der Waals surface area (Å²) in [5.41, 5.74) is -0.234. The summed E-state index contributed by atoms with van der Waals surface area (Å²) in [7, 11) is 0. The second kappa shape index (κ2) is 4.96. The lowest BCUT2D eigenvalue weighted by atomic mass is 9.92. The molecule has 2 aliphatic heterocycles. The van der Waals surface area contributed by atoms with Gasteiger partial charge in [0.15, 0.2) is 0 Å². The molecule has 2 heterocycles. The van der Waals surface area contributed by atoms with Gasteiger partial charge in [0.1, 0.15) is 0 Å². The van der Waals surface area contributed by atoms with Gasteiger partial charge in [-0.2, -0.15) is 11.8 Å². The second-order valence-electron chi connectivity index (χ2n) is 4.90. The maximum atomic E-state index is 12.6. The lowest BCUT2D eigenvalue weighted by Crippen LogP contribution is -2.57. The lowest BCUT2D eigenvalue weighted by Gasteiger charge is -2.37. The van der Waals surface area contributed by atoms with Crippen molar-refractivity contribution in [3.05, 3.63) is 0 Å². The third-order valence-corrected chi connectivity index (χ3v) is 4.92. The minimum absolute atomic E-state index is 0.234. The summed E-state index contributed by atoms with van der Waals surface area (Å²) in [4.78, 5) is 14.6. The number of thioether (sulfide) groups is 1. The number of nitrogens with one attached hydrogen (secondary N) is 1. The highest BCUT2D eigenvalue weighted by atomic mass is 32.2. The number of carbonyl (C=O) groups is 1. The van der Waals surface area contributed by atoms with Crippen molar-refractivity contribution in [2.24, 2.45) is 0 Å². The Bertz CT molecular complexity index is 264. The molecular formula is C12H22N2OS. The summed E-state index contributed by atoms with van der Waals surface area (Å²) < 4.78 is 0. The normalized spacial score (nSPS) is 35.4. The molecule has 0 aliphatic carbocycles. The fraction of sp³-hybridized carbons (Fsp3) is 0.917. The van der Waals surface area contributed by atoms with Crippen LogP contribution in [0.4, 0.5) is 0 Å². The van der Waals surface area contributed by atoms with E-state index in [0.717, 1.165) is 44.6 Å². The van der Waals surface area contributed by atoms with E-state index in [1.54, 1.807) is 0 Å². The van der Waals surface area contributed by atoms with Crippen LogP contribution < -0.4 is 5.32 Å². The first-order valence-electron chi connectivity index (χ1n) is 6.34. The topological polar surface area (TPSA) is 32.3 Å². The number of rotatable bonds is 2. The van der Waals surface area contributed by atoms with Crippen LogP contribution in [0.2, 0.25) is 0 Å². The molecule has 0 aromatic rings. The number of hydrogen-bond donors (Lipinski definition) is 1. The van der Waals surface area contributed by atoms with Gasteiger partial charge in [0.25, 0.3) is 0 Å². The zero-order valence-corrected chi connectivity index (χ0v) is 11.1. The zero-order valence-electron chi connectivity index (χ0n) is 10.3. The van der Waals surface area contributed by atoms with Crippen LogP contribution in [0.3, 0.4) is 0 Å². The first-order valence-corrected chi connectivity index (χ1v) is 7.39. The van der Waals surface area contributed by atoms with Crippen molar-refractivity contribution in [3.8, 4) is 0 Å². The minimum Gasteiger partial charge on any atom is -0.339 e. The number of nitrogens with zero attached hydrogens (tertiary/aromatic N) is 1. The number of amides is 1. The molecule has 2 aliphatic rings. The van der Waals surface area contributed by atoms with E-state index in [4.69, 9.17) is 0 Å². The van der Waals surface area contributed by atoms with Crippen molar-refractivity contribution in [1.29, 1.82) is 0 Å². The fourth-order valence-electron chi connectivity index (χ4n) is 2.75. The Balaban J connectivity index is 2.04. The third kappa shape index (κ3) is 2.23. The average molecular weight is 242 g/mol. The van der Waals surface area contributed by atoms with Gasteiger partial charge >= 0.3 is 0 Å². The molecule has 2 unspecified atom stereocenters. The molecule has 2 fully saturated rings. The van der Waals surface area contributed by atoms with Crippen LogP contribution in [0.15, 0.2) is 0 Å². The van der Waals surface area contributed by atoms with Crippen LogP contribution in [0.5, 0.6) is 0 Å². The van der Waals surface area contributed by atoms with E-state index in [0.29, 0.717) is 11.2 Å². The Hall–Kier alpha value is -0.220. The van der Waals surface area contributed by atoms with E-state index < -0.39 is 0 Å². The van der Waals surface area contributed by atoms with Gasteiger partial charge in [0, 0.05) is 24.1 Å². The van der Waals surface area contributed by atoms with Gasteiger partial charge in [-0.1, -0.05) is 13.8 Å². The largest absolute Gasteiger partial charge is 0.339 e. The Morgan fingerprint density at radius 2 is 2.44 bits per heavy atom. The first kappa shape index (κ1) is 12.2. The van der Waals surface area contributed by atoms with Crippen LogP contribution in [-0.2, 0) is 4.79 Å². The molecule has 0 spiro atoms. The Morgan fingerprint density at radius 3 is 3.00 bits per heavy atom. The van der Waals surface area contributed by atoms with Crippen molar-refractivity contribution >= 4 is 17.7 Å². The maximum Gasteiger partial charge on any atom is 0.242 e. The number of carbonyl (C=O) groups excluding carboxylic acids is 1. The second-order valence-corrected chi connectivity index (χ2v) is 6.44. The van der Waals surface area contributed by atoms with Gasteiger partial charge in [-0.15, -0.1) is 0 Å². The molecule has 2 rings (SSSR count). The van der Waals surface area contributed by atoms with Gasteiger partial charge in [-0.05, 0) is 25.8 Å². The molecule has 2 atom stereocenters. The third-order valence-electron chi connectivity index (χ3n) is 3.78. The summed E-state index contributed by atoms with van der Waals surface area (Å²) in [5, 5.41) is 4.02. The van der Waals surface area contributed by atoms with Crippen LogP contribution in [0.25, 0.3) is 0 Å². The first-order chi connectivity index (χ1) is 7.68. The van der Waals surface area contributed by atoms with Crippen molar-refractivity contribution in [2.45, 2.75) is 43.9 Å². The van der Waals surface area contributed by atoms with Crippen LogP contribution in [0.1, 0.15) is 33.1 Å². The molecule has 0 bridgehead atoms. The van der Waals surface area contributed by atoms with Crippen molar-refractivity contribution in [2.75, 3.05) is 25.4 Å². The molecule has 0 radical (unpaired) electrons. The van der Waals surface area contributed by atoms with E-state index in [1.807, 2.05) is 11.8 Å². The standard InChI is InChI=1S/C12H22N2OS/c1-3-12(5-4-6-13-12)11(15)14-7-8-16-10(2)9-14/h10,13H,3-9H2,1-2H3. The number of hydrogen-bond acceptors (Lipinski definition) is 3. The smallest absolute Gasteiger partial charge is 0.242 e. The van der Waals surface area contributed by atoms with Crippen LogP contribution >= 0.6 is 11.8 Å². The molecule has 0 aromatic carbocycles. The predicted molar refractivity (Wildman–Crippen MR) is 68.8 cm³/mol. The molecule has 0 aromatic heterocycles. The summed E-state index contributed by atoms with van der Waals surface area (Å²) >= 11 is 1.97.